The zero-order valence-corrected chi connectivity index (χ0v) is 9.29. The Morgan fingerprint density at radius 1 is 1.17 bits per heavy atom. The van der Waals surface area contributed by atoms with E-state index in [1.165, 1.54) is 12.3 Å². The molecule has 18 heavy (non-hydrogen) atoms. The van der Waals surface area contributed by atoms with Gasteiger partial charge in [-0.1, -0.05) is 30.3 Å². The number of hydrogen-bond donors (Lipinski definition) is 2. The highest BCUT2D eigenvalue weighted by Gasteiger charge is 2.06. The van der Waals surface area contributed by atoms with Crippen LogP contribution in [0.3, 0.4) is 0 Å². The first-order valence-electron chi connectivity index (χ1n) is 5.38. The smallest absolute Gasteiger partial charge is 0.252 e. The van der Waals surface area contributed by atoms with Gasteiger partial charge in [-0.2, -0.15) is 0 Å². The number of pyridine rings is 1. The van der Waals surface area contributed by atoms with Crippen molar-refractivity contribution in [1.82, 2.24) is 15.0 Å². The van der Waals surface area contributed by atoms with Crippen molar-refractivity contribution in [2.24, 2.45) is 0 Å². The van der Waals surface area contributed by atoms with Crippen LogP contribution in [0, 0.1) is 0 Å². The first kappa shape index (κ1) is 10.5. The SMILES string of the molecule is O=c1cc2nc(-c3ccccc3)ncc2c(O)[nH]1. The molecule has 0 aliphatic carbocycles. The molecule has 88 valence electrons. The molecule has 5 nitrogen and oxygen atoms in total. The van der Waals surface area contributed by atoms with E-state index in [0.29, 0.717) is 16.7 Å². The summed E-state index contributed by atoms with van der Waals surface area (Å²) in [5, 5.41) is 10.0. The van der Waals surface area contributed by atoms with Crippen molar-refractivity contribution in [3.05, 3.63) is 52.9 Å². The standard InChI is InChI=1S/C13H9N3O2/c17-11-6-10-9(13(18)16-11)7-14-12(15-10)8-4-2-1-3-5-8/h1-7H,(H2,16,17,18). The molecular formula is C13H9N3O2. The van der Waals surface area contributed by atoms with Crippen LogP contribution >= 0.6 is 0 Å². The topological polar surface area (TPSA) is 78.9 Å². The Morgan fingerprint density at radius 3 is 2.72 bits per heavy atom. The number of fused-ring (bicyclic) bond motifs is 1. The Bertz CT molecular complexity index is 766. The summed E-state index contributed by atoms with van der Waals surface area (Å²) in [5.41, 5.74) is 0.891. The number of H-pyrrole nitrogens is 1. The first-order valence-corrected chi connectivity index (χ1v) is 5.38. The molecule has 2 N–H and O–H groups in total. The molecule has 5 heteroatoms. The molecule has 2 heterocycles. The van der Waals surface area contributed by atoms with Crippen molar-refractivity contribution in [2.45, 2.75) is 0 Å². The molecule has 0 unspecified atom stereocenters. The zero-order chi connectivity index (χ0) is 12.5. The lowest BCUT2D eigenvalue weighted by Gasteiger charge is -2.02. The molecule has 0 fully saturated rings. The van der Waals surface area contributed by atoms with Crippen LogP contribution in [0.25, 0.3) is 22.3 Å². The van der Waals surface area contributed by atoms with Crippen LogP contribution in [0.5, 0.6) is 5.88 Å². The van der Waals surface area contributed by atoms with Crippen molar-refractivity contribution in [1.29, 1.82) is 0 Å². The summed E-state index contributed by atoms with van der Waals surface area (Å²) in [6, 6.07) is 10.8. The minimum absolute atomic E-state index is 0.211. The summed E-state index contributed by atoms with van der Waals surface area (Å²) >= 11 is 0. The van der Waals surface area contributed by atoms with Gasteiger partial charge in [-0.25, -0.2) is 9.97 Å². The number of hydrogen-bond acceptors (Lipinski definition) is 4. The molecule has 1 aromatic carbocycles. The number of nitrogens with one attached hydrogen (secondary N) is 1. The molecule has 0 saturated heterocycles. The van der Waals surface area contributed by atoms with Crippen molar-refractivity contribution in [3.63, 3.8) is 0 Å². The van der Waals surface area contributed by atoms with Gasteiger partial charge in [0, 0.05) is 17.8 Å². The predicted octanol–water partition coefficient (Wildman–Crippen LogP) is 1.69. The Kier molecular flexibility index (Phi) is 2.30. The normalized spacial score (nSPS) is 10.7. The van der Waals surface area contributed by atoms with Gasteiger partial charge in [0.15, 0.2) is 5.82 Å². The minimum Gasteiger partial charge on any atom is -0.494 e. The highest BCUT2D eigenvalue weighted by Crippen LogP contribution is 2.21. The summed E-state index contributed by atoms with van der Waals surface area (Å²) in [7, 11) is 0. The third kappa shape index (κ3) is 1.71. The average molecular weight is 239 g/mol. The van der Waals surface area contributed by atoms with E-state index in [-0.39, 0.29) is 5.88 Å². The third-order valence-corrected chi connectivity index (χ3v) is 2.61. The highest BCUT2D eigenvalue weighted by atomic mass is 16.3. The summed E-state index contributed by atoms with van der Waals surface area (Å²) in [6.07, 6.45) is 1.50. The number of aromatic hydroxyl groups is 1. The van der Waals surface area contributed by atoms with Gasteiger partial charge in [0.25, 0.3) is 5.56 Å². The summed E-state index contributed by atoms with van der Waals surface area (Å²) in [5.74, 6) is 0.310. The largest absolute Gasteiger partial charge is 0.494 e. The van der Waals surface area contributed by atoms with Gasteiger partial charge in [-0.3, -0.25) is 9.78 Å². The highest BCUT2D eigenvalue weighted by molar-refractivity contribution is 5.83. The Balaban J connectivity index is 2.26. The molecule has 0 radical (unpaired) electrons. The molecule has 0 bridgehead atoms. The van der Waals surface area contributed by atoms with Crippen LogP contribution in [-0.4, -0.2) is 20.1 Å². The van der Waals surface area contributed by atoms with E-state index >= 15 is 0 Å². The van der Waals surface area contributed by atoms with E-state index in [9.17, 15) is 9.90 Å². The van der Waals surface area contributed by atoms with Crippen LogP contribution in [0.15, 0.2) is 47.4 Å². The van der Waals surface area contributed by atoms with Crippen LogP contribution in [0.4, 0.5) is 0 Å². The van der Waals surface area contributed by atoms with Crippen LogP contribution in [0.2, 0.25) is 0 Å². The fraction of sp³-hybridized carbons (Fsp3) is 0. The maximum atomic E-state index is 11.3. The van der Waals surface area contributed by atoms with Crippen molar-refractivity contribution in [3.8, 4) is 17.3 Å². The molecule has 2 aromatic heterocycles. The lowest BCUT2D eigenvalue weighted by Crippen LogP contribution is -2.04. The van der Waals surface area contributed by atoms with Crippen molar-refractivity contribution >= 4 is 10.9 Å². The number of aromatic nitrogens is 3. The molecule has 0 aliphatic rings. The molecule has 0 saturated carbocycles. The maximum Gasteiger partial charge on any atom is 0.252 e. The molecular weight excluding hydrogens is 230 g/mol. The van der Waals surface area contributed by atoms with E-state index < -0.39 is 5.56 Å². The minimum atomic E-state index is -0.391. The van der Waals surface area contributed by atoms with Crippen LogP contribution in [0.1, 0.15) is 0 Å². The van der Waals surface area contributed by atoms with Gasteiger partial charge in [-0.05, 0) is 0 Å². The van der Waals surface area contributed by atoms with E-state index in [1.807, 2.05) is 30.3 Å². The fourth-order valence-electron chi connectivity index (χ4n) is 1.76. The van der Waals surface area contributed by atoms with Crippen LogP contribution in [-0.2, 0) is 0 Å². The van der Waals surface area contributed by atoms with E-state index in [4.69, 9.17) is 0 Å². The van der Waals surface area contributed by atoms with Gasteiger partial charge >= 0.3 is 0 Å². The molecule has 0 amide bonds. The molecule has 3 rings (SSSR count). The quantitative estimate of drug-likeness (QED) is 0.677. The van der Waals surface area contributed by atoms with Gasteiger partial charge in [0.05, 0.1) is 10.9 Å². The number of nitrogens with zero attached hydrogens (tertiary/aromatic N) is 2. The second-order valence-electron chi connectivity index (χ2n) is 3.84. The van der Waals surface area contributed by atoms with Gasteiger partial charge in [-0.15, -0.1) is 0 Å². The zero-order valence-electron chi connectivity index (χ0n) is 9.29. The van der Waals surface area contributed by atoms with E-state index in [2.05, 4.69) is 15.0 Å². The molecule has 0 spiro atoms. The third-order valence-electron chi connectivity index (χ3n) is 2.61. The second-order valence-corrected chi connectivity index (χ2v) is 3.84. The van der Waals surface area contributed by atoms with Crippen molar-refractivity contribution < 1.29 is 5.11 Å². The average Bonchev–Trinajstić information content (AvgIpc) is 2.39. The Labute approximate surface area is 102 Å². The van der Waals surface area contributed by atoms with Gasteiger partial charge < -0.3 is 5.11 Å². The lowest BCUT2D eigenvalue weighted by molar-refractivity contribution is 0.458. The Hall–Kier alpha value is -2.69. The first-order chi connectivity index (χ1) is 8.74. The van der Waals surface area contributed by atoms with Gasteiger partial charge in [0.2, 0.25) is 5.88 Å². The fourth-order valence-corrected chi connectivity index (χ4v) is 1.76. The van der Waals surface area contributed by atoms with E-state index in [0.717, 1.165) is 5.56 Å². The molecule has 0 aliphatic heterocycles. The van der Waals surface area contributed by atoms with Gasteiger partial charge in [0.1, 0.15) is 0 Å². The second kappa shape index (κ2) is 3.96. The lowest BCUT2D eigenvalue weighted by atomic mass is 10.2. The monoisotopic (exact) mass is 239 g/mol. The predicted molar refractivity (Wildman–Crippen MR) is 67.3 cm³/mol. The van der Waals surface area contributed by atoms with E-state index in [1.54, 1.807) is 0 Å². The number of aromatic amines is 1. The molecule has 3 aromatic rings. The maximum absolute atomic E-state index is 11.3. The number of rotatable bonds is 1. The molecule has 0 atom stereocenters. The summed E-state index contributed by atoms with van der Waals surface area (Å²) < 4.78 is 0. The Morgan fingerprint density at radius 2 is 1.94 bits per heavy atom. The van der Waals surface area contributed by atoms with Crippen molar-refractivity contribution in [2.75, 3.05) is 0 Å². The number of benzene rings is 1. The van der Waals surface area contributed by atoms with Crippen LogP contribution < -0.4 is 5.56 Å². The summed E-state index contributed by atoms with van der Waals surface area (Å²) in [6.45, 7) is 0. The summed E-state index contributed by atoms with van der Waals surface area (Å²) in [4.78, 5) is 22.0.